The molecule has 0 bridgehead atoms. The van der Waals surface area contributed by atoms with E-state index in [2.05, 4.69) is 6.92 Å². The predicted octanol–water partition coefficient (Wildman–Crippen LogP) is 2.57. The van der Waals surface area contributed by atoms with Crippen LogP contribution >= 0.6 is 0 Å². The summed E-state index contributed by atoms with van der Waals surface area (Å²) < 4.78 is 0. The van der Waals surface area contributed by atoms with Crippen LogP contribution in [-0.4, -0.2) is 47.3 Å². The number of hydrogen-bond acceptors (Lipinski definition) is 2. The maximum Gasteiger partial charge on any atom is 0.245 e. The molecule has 2 aliphatic heterocycles. The Morgan fingerprint density at radius 1 is 1.05 bits per heavy atom. The van der Waals surface area contributed by atoms with Crippen LogP contribution in [0.4, 0.5) is 0 Å². The summed E-state index contributed by atoms with van der Waals surface area (Å²) in [5.74, 6) is 0.369. The Morgan fingerprint density at radius 2 is 1.80 bits per heavy atom. The van der Waals surface area contributed by atoms with E-state index >= 15 is 0 Å². The van der Waals surface area contributed by atoms with Crippen molar-refractivity contribution >= 4 is 11.8 Å². The molecule has 114 valence electrons. The minimum absolute atomic E-state index is 0.148. The minimum atomic E-state index is -0.148. The lowest BCUT2D eigenvalue weighted by molar-refractivity contribution is -0.139. The fourth-order valence-corrected chi connectivity index (χ4v) is 3.32. The molecule has 0 saturated carbocycles. The molecule has 2 heterocycles. The van der Waals surface area contributed by atoms with Gasteiger partial charge in [-0.1, -0.05) is 39.0 Å². The van der Waals surface area contributed by atoms with Crippen molar-refractivity contribution in [2.75, 3.05) is 19.6 Å². The first kappa shape index (κ1) is 15.3. The number of carbonyl (C=O) groups is 2. The zero-order chi connectivity index (χ0) is 14.4. The van der Waals surface area contributed by atoms with Crippen LogP contribution in [0, 0.1) is 0 Å². The summed E-state index contributed by atoms with van der Waals surface area (Å²) in [6.07, 6.45) is 9.78. The standard InChI is InChI=1S/C16H28N2O2/c1-2-3-4-5-6-7-11-17-13-10-15(19)18-12-8-9-14(18)16(17)20/h14H,2-13H2,1H3. The first-order valence-corrected chi connectivity index (χ1v) is 8.32. The number of fused-ring (bicyclic) bond motifs is 1. The molecule has 2 aliphatic rings. The monoisotopic (exact) mass is 280 g/mol. The van der Waals surface area contributed by atoms with Gasteiger partial charge in [-0.25, -0.2) is 0 Å². The highest BCUT2D eigenvalue weighted by Gasteiger charge is 2.38. The van der Waals surface area contributed by atoms with E-state index in [1.165, 1.54) is 32.1 Å². The predicted molar refractivity (Wildman–Crippen MR) is 79.3 cm³/mol. The highest BCUT2D eigenvalue weighted by Crippen LogP contribution is 2.23. The molecule has 2 saturated heterocycles. The summed E-state index contributed by atoms with van der Waals surface area (Å²) in [4.78, 5) is 28.2. The molecule has 1 unspecified atom stereocenters. The SMILES string of the molecule is CCCCCCCCN1CCC(=O)N2CCCC2C1=O. The van der Waals surface area contributed by atoms with E-state index in [1.54, 1.807) is 0 Å². The third kappa shape index (κ3) is 3.74. The molecule has 2 amide bonds. The summed E-state index contributed by atoms with van der Waals surface area (Å²) >= 11 is 0. The van der Waals surface area contributed by atoms with Crippen LogP contribution in [0.2, 0.25) is 0 Å². The van der Waals surface area contributed by atoms with Crippen molar-refractivity contribution in [2.24, 2.45) is 0 Å². The van der Waals surface area contributed by atoms with Gasteiger partial charge in [0.15, 0.2) is 0 Å². The summed E-state index contributed by atoms with van der Waals surface area (Å²) in [5.41, 5.74) is 0. The summed E-state index contributed by atoms with van der Waals surface area (Å²) in [5, 5.41) is 0. The molecule has 0 N–H and O–H groups in total. The van der Waals surface area contributed by atoms with Crippen molar-refractivity contribution in [1.29, 1.82) is 0 Å². The fraction of sp³-hybridized carbons (Fsp3) is 0.875. The average molecular weight is 280 g/mol. The first-order valence-electron chi connectivity index (χ1n) is 8.32. The molecule has 4 nitrogen and oxygen atoms in total. The van der Waals surface area contributed by atoms with Crippen LogP contribution in [-0.2, 0) is 9.59 Å². The second-order valence-corrected chi connectivity index (χ2v) is 6.09. The van der Waals surface area contributed by atoms with Gasteiger partial charge in [0.05, 0.1) is 0 Å². The smallest absolute Gasteiger partial charge is 0.245 e. The van der Waals surface area contributed by atoms with E-state index in [-0.39, 0.29) is 17.9 Å². The van der Waals surface area contributed by atoms with Crippen molar-refractivity contribution < 1.29 is 9.59 Å². The van der Waals surface area contributed by atoms with Crippen molar-refractivity contribution in [2.45, 2.75) is 70.8 Å². The highest BCUT2D eigenvalue weighted by atomic mass is 16.2. The largest absolute Gasteiger partial charge is 0.340 e. The third-order valence-electron chi connectivity index (χ3n) is 4.55. The molecule has 0 aromatic carbocycles. The molecule has 4 heteroatoms. The van der Waals surface area contributed by atoms with Crippen LogP contribution in [0.5, 0.6) is 0 Å². The minimum Gasteiger partial charge on any atom is -0.340 e. The number of nitrogens with zero attached hydrogens (tertiary/aromatic N) is 2. The number of hydrogen-bond donors (Lipinski definition) is 0. The molecule has 1 atom stereocenters. The molecule has 0 aromatic heterocycles. The second-order valence-electron chi connectivity index (χ2n) is 6.09. The normalized spacial score (nSPS) is 23.1. The Labute approximate surface area is 122 Å². The number of unbranched alkanes of at least 4 members (excludes halogenated alkanes) is 5. The van der Waals surface area contributed by atoms with E-state index in [1.807, 2.05) is 9.80 Å². The zero-order valence-electron chi connectivity index (χ0n) is 12.8. The lowest BCUT2D eigenvalue weighted by Crippen LogP contribution is -2.43. The lowest BCUT2D eigenvalue weighted by atomic mass is 10.1. The van der Waals surface area contributed by atoms with Gasteiger partial charge in [-0.15, -0.1) is 0 Å². The Balaban J connectivity index is 1.76. The maximum atomic E-state index is 12.5. The van der Waals surface area contributed by atoms with Crippen molar-refractivity contribution in [1.82, 2.24) is 9.80 Å². The van der Waals surface area contributed by atoms with Crippen molar-refractivity contribution in [3.05, 3.63) is 0 Å². The van der Waals surface area contributed by atoms with Crippen molar-refractivity contribution in [3.8, 4) is 0 Å². The molecule has 0 aliphatic carbocycles. The lowest BCUT2D eigenvalue weighted by Gasteiger charge is -2.25. The van der Waals surface area contributed by atoms with Gasteiger partial charge in [0.1, 0.15) is 6.04 Å². The molecule has 20 heavy (non-hydrogen) atoms. The fourth-order valence-electron chi connectivity index (χ4n) is 3.32. The molecule has 2 rings (SSSR count). The third-order valence-corrected chi connectivity index (χ3v) is 4.55. The number of amides is 2. The van der Waals surface area contributed by atoms with Crippen molar-refractivity contribution in [3.63, 3.8) is 0 Å². The molecular formula is C16H28N2O2. The van der Waals surface area contributed by atoms with E-state index < -0.39 is 0 Å². The van der Waals surface area contributed by atoms with Crippen LogP contribution in [0.3, 0.4) is 0 Å². The van der Waals surface area contributed by atoms with Crippen LogP contribution in [0.1, 0.15) is 64.7 Å². The molecule has 0 aromatic rings. The molecule has 2 fully saturated rings. The zero-order valence-corrected chi connectivity index (χ0v) is 12.8. The van der Waals surface area contributed by atoms with Gasteiger partial charge in [-0.3, -0.25) is 9.59 Å². The summed E-state index contributed by atoms with van der Waals surface area (Å²) in [6, 6.07) is -0.148. The summed E-state index contributed by atoms with van der Waals surface area (Å²) in [7, 11) is 0. The Kier molecular flexibility index (Phi) is 5.86. The van der Waals surface area contributed by atoms with Gasteiger partial charge in [-0.2, -0.15) is 0 Å². The Morgan fingerprint density at radius 3 is 2.60 bits per heavy atom. The van der Waals surface area contributed by atoms with E-state index in [4.69, 9.17) is 0 Å². The topological polar surface area (TPSA) is 40.6 Å². The average Bonchev–Trinajstić information content (AvgIpc) is 2.90. The van der Waals surface area contributed by atoms with Crippen LogP contribution < -0.4 is 0 Å². The molecule has 0 spiro atoms. The molecule has 0 radical (unpaired) electrons. The van der Waals surface area contributed by atoms with Gasteiger partial charge in [0.2, 0.25) is 11.8 Å². The van der Waals surface area contributed by atoms with E-state index in [0.717, 1.165) is 32.4 Å². The number of rotatable bonds is 7. The van der Waals surface area contributed by atoms with Gasteiger partial charge >= 0.3 is 0 Å². The van der Waals surface area contributed by atoms with E-state index in [9.17, 15) is 9.59 Å². The number of carbonyl (C=O) groups excluding carboxylic acids is 2. The maximum absolute atomic E-state index is 12.5. The highest BCUT2D eigenvalue weighted by molar-refractivity contribution is 5.90. The molecular weight excluding hydrogens is 252 g/mol. The van der Waals surface area contributed by atoms with Gasteiger partial charge in [0.25, 0.3) is 0 Å². The first-order chi connectivity index (χ1) is 9.74. The van der Waals surface area contributed by atoms with Crippen LogP contribution in [0.15, 0.2) is 0 Å². The van der Waals surface area contributed by atoms with E-state index in [0.29, 0.717) is 13.0 Å². The second kappa shape index (κ2) is 7.65. The summed E-state index contributed by atoms with van der Waals surface area (Å²) in [6.45, 7) is 4.46. The van der Waals surface area contributed by atoms with Gasteiger partial charge < -0.3 is 9.80 Å². The van der Waals surface area contributed by atoms with Gasteiger partial charge in [-0.05, 0) is 19.3 Å². The quantitative estimate of drug-likeness (QED) is 0.673. The Bertz CT molecular complexity index is 343. The van der Waals surface area contributed by atoms with Gasteiger partial charge in [0, 0.05) is 26.1 Å². The Hall–Kier alpha value is -1.06. The van der Waals surface area contributed by atoms with Crippen LogP contribution in [0.25, 0.3) is 0 Å².